The summed E-state index contributed by atoms with van der Waals surface area (Å²) in [4.78, 5) is 12.1. The summed E-state index contributed by atoms with van der Waals surface area (Å²) >= 11 is 0. The number of anilines is 2. The molecule has 144 valence electrons. The number of carbonyl (C=O) groups excluding carboxylic acids is 1. The second kappa shape index (κ2) is 10.0. The van der Waals surface area contributed by atoms with Crippen LogP contribution in [0.25, 0.3) is 0 Å². The standard InChI is InChI=1S/C23H24N2O3/c1-2-16-27-20-12-8-18(9-13-20)24-17-23(26)25-19-10-14-22(15-11-19)28-21-6-4-3-5-7-21/h3-15,24H,2,16-17H2,1H3,(H,25,26). The fraction of sp³-hybridized carbons (Fsp3) is 0.174. The van der Waals surface area contributed by atoms with E-state index >= 15 is 0 Å². The Kier molecular flexibility index (Phi) is 6.90. The van der Waals surface area contributed by atoms with Crippen LogP contribution in [0.1, 0.15) is 13.3 Å². The Morgan fingerprint density at radius 1 is 0.786 bits per heavy atom. The van der Waals surface area contributed by atoms with E-state index in [2.05, 4.69) is 17.6 Å². The number of hydrogen-bond acceptors (Lipinski definition) is 4. The molecule has 5 nitrogen and oxygen atoms in total. The van der Waals surface area contributed by atoms with Crippen molar-refractivity contribution in [2.75, 3.05) is 23.8 Å². The first-order chi connectivity index (χ1) is 13.7. The van der Waals surface area contributed by atoms with Crippen LogP contribution in [0, 0.1) is 0 Å². The minimum atomic E-state index is -0.122. The summed E-state index contributed by atoms with van der Waals surface area (Å²) in [5.74, 6) is 2.19. The van der Waals surface area contributed by atoms with Crippen LogP contribution in [0.3, 0.4) is 0 Å². The van der Waals surface area contributed by atoms with E-state index in [-0.39, 0.29) is 12.5 Å². The third-order valence-electron chi connectivity index (χ3n) is 3.90. The lowest BCUT2D eigenvalue weighted by Gasteiger charge is -2.10. The minimum absolute atomic E-state index is 0.122. The maximum atomic E-state index is 12.1. The number of carbonyl (C=O) groups is 1. The molecule has 5 heteroatoms. The molecule has 0 spiro atoms. The number of hydrogen-bond donors (Lipinski definition) is 2. The molecule has 0 radical (unpaired) electrons. The molecule has 0 fully saturated rings. The molecular formula is C23H24N2O3. The molecule has 0 aliphatic heterocycles. The van der Waals surface area contributed by atoms with E-state index in [0.717, 1.165) is 29.3 Å². The summed E-state index contributed by atoms with van der Waals surface area (Å²) in [5, 5.41) is 5.96. The summed E-state index contributed by atoms with van der Waals surface area (Å²) in [6.07, 6.45) is 0.972. The van der Waals surface area contributed by atoms with E-state index in [1.165, 1.54) is 0 Å². The molecule has 2 N–H and O–H groups in total. The van der Waals surface area contributed by atoms with Gasteiger partial charge < -0.3 is 20.1 Å². The molecular weight excluding hydrogens is 352 g/mol. The second-order valence-corrected chi connectivity index (χ2v) is 6.21. The normalized spacial score (nSPS) is 10.2. The maximum absolute atomic E-state index is 12.1. The zero-order valence-electron chi connectivity index (χ0n) is 15.9. The SMILES string of the molecule is CCCOc1ccc(NCC(=O)Nc2ccc(Oc3ccccc3)cc2)cc1. The Balaban J connectivity index is 1.45. The van der Waals surface area contributed by atoms with Gasteiger partial charge in [0.1, 0.15) is 17.2 Å². The van der Waals surface area contributed by atoms with E-state index in [4.69, 9.17) is 9.47 Å². The van der Waals surface area contributed by atoms with Gasteiger partial charge in [0.15, 0.2) is 0 Å². The highest BCUT2D eigenvalue weighted by Crippen LogP contribution is 2.22. The maximum Gasteiger partial charge on any atom is 0.243 e. The van der Waals surface area contributed by atoms with Crippen LogP contribution in [0.4, 0.5) is 11.4 Å². The highest BCUT2D eigenvalue weighted by molar-refractivity contribution is 5.93. The molecule has 0 bridgehead atoms. The largest absolute Gasteiger partial charge is 0.494 e. The molecule has 0 saturated heterocycles. The van der Waals surface area contributed by atoms with E-state index in [9.17, 15) is 4.79 Å². The Morgan fingerprint density at radius 3 is 2.07 bits per heavy atom. The molecule has 0 aliphatic carbocycles. The Bertz CT molecular complexity index is 863. The van der Waals surface area contributed by atoms with Crippen molar-refractivity contribution in [2.24, 2.45) is 0 Å². The van der Waals surface area contributed by atoms with Gasteiger partial charge in [0, 0.05) is 11.4 Å². The highest BCUT2D eigenvalue weighted by Gasteiger charge is 2.04. The highest BCUT2D eigenvalue weighted by atomic mass is 16.5. The Hall–Kier alpha value is -3.47. The van der Waals surface area contributed by atoms with Crippen molar-refractivity contribution in [2.45, 2.75) is 13.3 Å². The number of ether oxygens (including phenoxy) is 2. The van der Waals surface area contributed by atoms with Gasteiger partial charge >= 0.3 is 0 Å². The van der Waals surface area contributed by atoms with Crippen LogP contribution in [-0.2, 0) is 4.79 Å². The van der Waals surface area contributed by atoms with Crippen molar-refractivity contribution in [3.63, 3.8) is 0 Å². The predicted octanol–water partition coefficient (Wildman–Crippen LogP) is 5.32. The van der Waals surface area contributed by atoms with Gasteiger partial charge in [-0.05, 0) is 67.1 Å². The molecule has 0 saturated carbocycles. The molecule has 3 aromatic rings. The summed E-state index contributed by atoms with van der Waals surface area (Å²) in [6.45, 7) is 2.94. The monoisotopic (exact) mass is 376 g/mol. The average Bonchev–Trinajstić information content (AvgIpc) is 2.74. The molecule has 0 heterocycles. The fourth-order valence-corrected chi connectivity index (χ4v) is 2.51. The molecule has 0 atom stereocenters. The van der Waals surface area contributed by atoms with E-state index in [1.54, 1.807) is 0 Å². The van der Waals surface area contributed by atoms with Crippen molar-refractivity contribution >= 4 is 17.3 Å². The first-order valence-electron chi connectivity index (χ1n) is 9.32. The Morgan fingerprint density at radius 2 is 1.39 bits per heavy atom. The van der Waals surface area contributed by atoms with Crippen LogP contribution < -0.4 is 20.1 Å². The lowest BCUT2D eigenvalue weighted by atomic mass is 10.3. The number of benzene rings is 3. The van der Waals surface area contributed by atoms with E-state index in [1.807, 2.05) is 78.9 Å². The summed E-state index contributed by atoms with van der Waals surface area (Å²) in [7, 11) is 0. The molecule has 1 amide bonds. The lowest BCUT2D eigenvalue weighted by molar-refractivity contribution is -0.114. The van der Waals surface area contributed by atoms with Crippen LogP contribution in [0.2, 0.25) is 0 Å². The lowest BCUT2D eigenvalue weighted by Crippen LogP contribution is -2.21. The molecule has 0 aromatic heterocycles. The predicted molar refractivity (Wildman–Crippen MR) is 112 cm³/mol. The second-order valence-electron chi connectivity index (χ2n) is 6.21. The van der Waals surface area contributed by atoms with Gasteiger partial charge in [0.2, 0.25) is 5.91 Å². The average molecular weight is 376 g/mol. The number of rotatable bonds is 9. The molecule has 0 aliphatic rings. The first-order valence-corrected chi connectivity index (χ1v) is 9.32. The smallest absolute Gasteiger partial charge is 0.243 e. The first kappa shape index (κ1) is 19.3. The van der Waals surface area contributed by atoms with Gasteiger partial charge in [0.05, 0.1) is 13.2 Å². The van der Waals surface area contributed by atoms with Crippen LogP contribution in [0.5, 0.6) is 17.2 Å². The van der Waals surface area contributed by atoms with Gasteiger partial charge in [-0.1, -0.05) is 25.1 Å². The van der Waals surface area contributed by atoms with Crippen LogP contribution in [0.15, 0.2) is 78.9 Å². The van der Waals surface area contributed by atoms with Crippen LogP contribution >= 0.6 is 0 Å². The van der Waals surface area contributed by atoms with Gasteiger partial charge in [0.25, 0.3) is 0 Å². The van der Waals surface area contributed by atoms with Crippen molar-refractivity contribution in [3.8, 4) is 17.2 Å². The number of amides is 1. The fourth-order valence-electron chi connectivity index (χ4n) is 2.51. The van der Waals surface area contributed by atoms with Crippen molar-refractivity contribution < 1.29 is 14.3 Å². The van der Waals surface area contributed by atoms with Crippen molar-refractivity contribution in [1.29, 1.82) is 0 Å². The number of para-hydroxylation sites is 1. The summed E-state index contributed by atoms with van der Waals surface area (Å²) in [6, 6.07) is 24.4. The van der Waals surface area contributed by atoms with E-state index < -0.39 is 0 Å². The topological polar surface area (TPSA) is 59.6 Å². The summed E-state index contributed by atoms with van der Waals surface area (Å²) in [5.41, 5.74) is 1.58. The van der Waals surface area contributed by atoms with Gasteiger partial charge in [-0.2, -0.15) is 0 Å². The van der Waals surface area contributed by atoms with Crippen LogP contribution in [-0.4, -0.2) is 19.1 Å². The third-order valence-corrected chi connectivity index (χ3v) is 3.90. The number of nitrogens with one attached hydrogen (secondary N) is 2. The molecule has 28 heavy (non-hydrogen) atoms. The molecule has 3 aromatic carbocycles. The van der Waals surface area contributed by atoms with Crippen molar-refractivity contribution in [1.82, 2.24) is 0 Å². The van der Waals surface area contributed by atoms with Crippen molar-refractivity contribution in [3.05, 3.63) is 78.9 Å². The van der Waals surface area contributed by atoms with E-state index in [0.29, 0.717) is 12.4 Å². The zero-order chi connectivity index (χ0) is 19.6. The van der Waals surface area contributed by atoms with Gasteiger partial charge in [-0.25, -0.2) is 0 Å². The Labute approximate surface area is 165 Å². The van der Waals surface area contributed by atoms with Gasteiger partial charge in [-0.3, -0.25) is 4.79 Å². The zero-order valence-corrected chi connectivity index (χ0v) is 15.9. The minimum Gasteiger partial charge on any atom is -0.494 e. The summed E-state index contributed by atoms with van der Waals surface area (Å²) < 4.78 is 11.3. The third kappa shape index (κ3) is 6.06. The van der Waals surface area contributed by atoms with Gasteiger partial charge in [-0.15, -0.1) is 0 Å². The molecule has 3 rings (SSSR count). The quantitative estimate of drug-likeness (QED) is 0.531. The molecule has 0 unspecified atom stereocenters.